The van der Waals surface area contributed by atoms with Gasteiger partial charge >= 0.3 is 0 Å². The molecule has 3 rings (SSSR count). The van der Waals surface area contributed by atoms with Gasteiger partial charge in [-0.1, -0.05) is 47.1 Å². The normalized spacial score (nSPS) is 11.6. The van der Waals surface area contributed by atoms with Gasteiger partial charge in [0, 0.05) is 10.8 Å². The Morgan fingerprint density at radius 2 is 1.90 bits per heavy atom. The van der Waals surface area contributed by atoms with E-state index in [1.807, 2.05) is 32.0 Å². The molecular formula is C19H18Cl2N2O4S2. The second-order valence-corrected chi connectivity index (χ2v) is 10.2. The van der Waals surface area contributed by atoms with Gasteiger partial charge in [-0.15, -0.1) is 10.2 Å². The third-order valence-electron chi connectivity index (χ3n) is 3.95. The van der Waals surface area contributed by atoms with E-state index in [2.05, 4.69) is 10.2 Å². The summed E-state index contributed by atoms with van der Waals surface area (Å²) < 4.78 is 36.2. The van der Waals surface area contributed by atoms with E-state index < -0.39 is 9.84 Å². The number of sulfone groups is 1. The van der Waals surface area contributed by atoms with E-state index in [1.165, 1.54) is 18.2 Å². The highest BCUT2D eigenvalue weighted by Crippen LogP contribution is 2.27. The van der Waals surface area contributed by atoms with Crippen LogP contribution in [0.2, 0.25) is 10.0 Å². The van der Waals surface area contributed by atoms with E-state index in [1.54, 1.807) is 0 Å². The van der Waals surface area contributed by atoms with Crippen LogP contribution in [-0.4, -0.2) is 30.1 Å². The molecule has 3 aromatic rings. The van der Waals surface area contributed by atoms with Crippen molar-refractivity contribution in [2.24, 2.45) is 0 Å². The number of hydrogen-bond acceptors (Lipinski definition) is 7. The van der Waals surface area contributed by atoms with Crippen LogP contribution in [0.5, 0.6) is 5.75 Å². The lowest BCUT2D eigenvalue weighted by Gasteiger charge is -2.07. The molecule has 0 aliphatic carbocycles. The SMILES string of the molecule is Cc1ccc(C)c(OCc2nnc(SCCS(=O)(=O)c3cc(Cl)ccc3Cl)o2)c1. The smallest absolute Gasteiger partial charge is 0.276 e. The molecule has 0 amide bonds. The van der Waals surface area contributed by atoms with Gasteiger partial charge in [0.2, 0.25) is 0 Å². The standard InChI is InChI=1S/C19H18Cl2N2O4S2/c1-12-3-4-13(2)16(9-12)26-11-18-22-23-19(27-18)28-7-8-29(24,25)17-10-14(20)5-6-15(17)21/h3-6,9-10H,7-8,11H2,1-2H3. The molecule has 0 aliphatic heterocycles. The van der Waals surface area contributed by atoms with Gasteiger partial charge in [-0.2, -0.15) is 0 Å². The fraction of sp³-hybridized carbons (Fsp3) is 0.263. The third kappa shape index (κ3) is 5.88. The highest BCUT2D eigenvalue weighted by Gasteiger charge is 2.19. The van der Waals surface area contributed by atoms with Crippen molar-refractivity contribution < 1.29 is 17.6 Å². The van der Waals surface area contributed by atoms with Crippen LogP contribution in [0.15, 0.2) is 50.9 Å². The minimum absolute atomic E-state index is 0.0143. The number of ether oxygens (including phenoxy) is 1. The lowest BCUT2D eigenvalue weighted by Crippen LogP contribution is -2.09. The van der Waals surface area contributed by atoms with E-state index in [0.717, 1.165) is 28.6 Å². The first kappa shape index (κ1) is 22.0. The van der Waals surface area contributed by atoms with Crippen LogP contribution in [0, 0.1) is 13.8 Å². The van der Waals surface area contributed by atoms with E-state index in [4.69, 9.17) is 32.4 Å². The molecule has 0 saturated carbocycles. The Bertz CT molecular complexity index is 1120. The zero-order valence-electron chi connectivity index (χ0n) is 15.7. The van der Waals surface area contributed by atoms with Crippen molar-refractivity contribution in [2.45, 2.75) is 30.6 Å². The molecule has 0 atom stereocenters. The Morgan fingerprint density at radius 3 is 2.69 bits per heavy atom. The number of hydrogen-bond donors (Lipinski definition) is 0. The summed E-state index contributed by atoms with van der Waals surface area (Å²) in [7, 11) is -3.58. The minimum Gasteiger partial charge on any atom is -0.484 e. The number of benzene rings is 2. The van der Waals surface area contributed by atoms with Crippen molar-refractivity contribution in [1.82, 2.24) is 10.2 Å². The fourth-order valence-electron chi connectivity index (χ4n) is 2.42. The fourth-order valence-corrected chi connectivity index (χ4v) is 5.66. The second kappa shape index (κ2) is 9.38. The molecular weight excluding hydrogens is 455 g/mol. The van der Waals surface area contributed by atoms with Gasteiger partial charge in [-0.05, 0) is 49.2 Å². The van der Waals surface area contributed by atoms with Crippen molar-refractivity contribution in [2.75, 3.05) is 11.5 Å². The predicted octanol–water partition coefficient (Wildman–Crippen LogP) is 5.14. The van der Waals surface area contributed by atoms with E-state index in [9.17, 15) is 8.42 Å². The molecule has 1 aromatic heterocycles. The average molecular weight is 473 g/mol. The Balaban J connectivity index is 1.55. The molecule has 6 nitrogen and oxygen atoms in total. The van der Waals surface area contributed by atoms with Crippen molar-refractivity contribution in [3.63, 3.8) is 0 Å². The monoisotopic (exact) mass is 472 g/mol. The first-order valence-corrected chi connectivity index (χ1v) is 12.0. The summed E-state index contributed by atoms with van der Waals surface area (Å²) in [5, 5.41) is 8.58. The summed E-state index contributed by atoms with van der Waals surface area (Å²) in [6.45, 7) is 4.07. The summed E-state index contributed by atoms with van der Waals surface area (Å²) in [5.41, 5.74) is 2.10. The average Bonchev–Trinajstić information content (AvgIpc) is 3.12. The molecule has 10 heteroatoms. The summed E-state index contributed by atoms with van der Waals surface area (Å²) in [5.74, 6) is 1.15. The molecule has 0 spiro atoms. The van der Waals surface area contributed by atoms with Gasteiger partial charge in [-0.3, -0.25) is 0 Å². The van der Waals surface area contributed by atoms with Gasteiger partial charge in [-0.25, -0.2) is 8.42 Å². The third-order valence-corrected chi connectivity index (χ3v) is 7.45. The van der Waals surface area contributed by atoms with Crippen LogP contribution in [0.3, 0.4) is 0 Å². The quantitative estimate of drug-likeness (QED) is 0.419. The first-order valence-electron chi connectivity index (χ1n) is 8.57. The van der Waals surface area contributed by atoms with Gasteiger partial charge in [0.25, 0.3) is 11.1 Å². The lowest BCUT2D eigenvalue weighted by molar-refractivity contribution is 0.250. The van der Waals surface area contributed by atoms with Crippen LogP contribution in [0.25, 0.3) is 0 Å². The highest BCUT2D eigenvalue weighted by molar-refractivity contribution is 8.00. The van der Waals surface area contributed by atoms with Gasteiger partial charge in [0.1, 0.15) is 5.75 Å². The molecule has 2 aromatic carbocycles. The predicted molar refractivity (Wildman–Crippen MR) is 114 cm³/mol. The van der Waals surface area contributed by atoms with Gasteiger partial charge < -0.3 is 9.15 Å². The summed E-state index contributed by atoms with van der Waals surface area (Å²) >= 11 is 13.0. The summed E-state index contributed by atoms with van der Waals surface area (Å²) in [6, 6.07) is 10.3. The molecule has 0 bridgehead atoms. The van der Waals surface area contributed by atoms with Crippen molar-refractivity contribution in [3.05, 3.63) is 63.5 Å². The molecule has 0 saturated heterocycles. The number of nitrogens with zero attached hydrogens (tertiary/aromatic N) is 2. The maximum atomic E-state index is 12.5. The van der Waals surface area contributed by atoms with Crippen LogP contribution in [0.4, 0.5) is 0 Å². The lowest BCUT2D eigenvalue weighted by atomic mass is 10.1. The van der Waals surface area contributed by atoms with Crippen molar-refractivity contribution >= 4 is 44.8 Å². The van der Waals surface area contributed by atoms with E-state index in [-0.39, 0.29) is 33.3 Å². The topological polar surface area (TPSA) is 82.3 Å². The maximum absolute atomic E-state index is 12.5. The molecule has 29 heavy (non-hydrogen) atoms. The number of halogens is 2. The molecule has 0 fully saturated rings. The zero-order chi connectivity index (χ0) is 21.0. The molecule has 154 valence electrons. The number of aromatic nitrogens is 2. The van der Waals surface area contributed by atoms with Gasteiger partial charge in [0.15, 0.2) is 16.4 Å². The molecule has 0 N–H and O–H groups in total. The first-order chi connectivity index (χ1) is 13.7. The van der Waals surface area contributed by atoms with Crippen LogP contribution in [-0.2, 0) is 16.4 Å². The Morgan fingerprint density at radius 1 is 1.10 bits per heavy atom. The van der Waals surface area contributed by atoms with Gasteiger partial charge in [0.05, 0.1) is 15.7 Å². The molecule has 0 aliphatic rings. The molecule has 1 heterocycles. The van der Waals surface area contributed by atoms with E-state index in [0.29, 0.717) is 10.9 Å². The van der Waals surface area contributed by atoms with Crippen LogP contribution < -0.4 is 4.74 Å². The number of thioether (sulfide) groups is 1. The molecule has 0 unspecified atom stereocenters. The Hall–Kier alpha value is -1.74. The van der Waals surface area contributed by atoms with Crippen molar-refractivity contribution in [1.29, 1.82) is 0 Å². The highest BCUT2D eigenvalue weighted by atomic mass is 35.5. The molecule has 0 radical (unpaired) electrons. The number of rotatable bonds is 8. The summed E-state index contributed by atoms with van der Waals surface area (Å²) in [6.07, 6.45) is 0. The maximum Gasteiger partial charge on any atom is 0.276 e. The van der Waals surface area contributed by atoms with E-state index >= 15 is 0 Å². The Labute approximate surface area is 183 Å². The number of aryl methyl sites for hydroxylation is 2. The van der Waals surface area contributed by atoms with Crippen molar-refractivity contribution in [3.8, 4) is 5.75 Å². The van der Waals surface area contributed by atoms with Crippen LogP contribution in [0.1, 0.15) is 17.0 Å². The zero-order valence-corrected chi connectivity index (χ0v) is 18.8. The second-order valence-electron chi connectivity index (χ2n) is 6.26. The van der Waals surface area contributed by atoms with Crippen LogP contribution >= 0.6 is 35.0 Å². The summed E-state index contributed by atoms with van der Waals surface area (Å²) in [4.78, 5) is 0.0143. The largest absolute Gasteiger partial charge is 0.484 e. The minimum atomic E-state index is -3.58. The Kier molecular flexibility index (Phi) is 7.10.